The zero-order valence-corrected chi connectivity index (χ0v) is 23.8. The Balaban J connectivity index is 1.55. The van der Waals surface area contributed by atoms with E-state index in [0.717, 1.165) is 16.8 Å². The highest BCUT2D eigenvalue weighted by Crippen LogP contribution is 2.58. The summed E-state index contributed by atoms with van der Waals surface area (Å²) in [5.74, 6) is -1.39. The molecule has 7 heteroatoms. The van der Waals surface area contributed by atoms with Crippen molar-refractivity contribution in [1.29, 1.82) is 0 Å². The van der Waals surface area contributed by atoms with Gasteiger partial charge in [-0.2, -0.15) is 0 Å². The van der Waals surface area contributed by atoms with Gasteiger partial charge in [-0.3, -0.25) is 14.4 Å². The van der Waals surface area contributed by atoms with Gasteiger partial charge in [0.15, 0.2) is 11.6 Å². The molecule has 6 nitrogen and oxygen atoms in total. The smallest absolute Gasteiger partial charge is 0.238 e. The number of ether oxygens (including phenoxy) is 1. The van der Waals surface area contributed by atoms with Crippen molar-refractivity contribution in [3.05, 3.63) is 130 Å². The number of para-hydroxylation sites is 2. The predicted octanol–water partition coefficient (Wildman–Crippen LogP) is 6.59. The molecule has 3 aliphatic heterocycles. The molecule has 1 saturated heterocycles. The Bertz CT molecular complexity index is 1810. The van der Waals surface area contributed by atoms with Crippen LogP contribution in [0.4, 0.5) is 11.4 Å². The lowest BCUT2D eigenvalue weighted by atomic mass is 9.64. The molecule has 4 aromatic carbocycles. The summed E-state index contributed by atoms with van der Waals surface area (Å²) in [4.78, 5) is 46.1. The third-order valence-corrected chi connectivity index (χ3v) is 9.17. The van der Waals surface area contributed by atoms with Crippen molar-refractivity contribution in [2.24, 2.45) is 5.92 Å². The van der Waals surface area contributed by atoms with Gasteiger partial charge < -0.3 is 15.0 Å². The molecule has 208 valence electrons. The van der Waals surface area contributed by atoms with Crippen LogP contribution in [0.15, 0.2) is 103 Å². The lowest BCUT2D eigenvalue weighted by Gasteiger charge is -2.39. The molecule has 42 heavy (non-hydrogen) atoms. The number of methoxy groups -OCH3 is 1. The summed E-state index contributed by atoms with van der Waals surface area (Å²) >= 11 is 6.18. The highest BCUT2D eigenvalue weighted by atomic mass is 35.5. The highest BCUT2D eigenvalue weighted by molar-refractivity contribution is 6.30. The molecule has 0 aliphatic carbocycles. The summed E-state index contributed by atoms with van der Waals surface area (Å²) in [6.45, 7) is 2.01. The molecular weight excluding hydrogens is 548 g/mol. The Morgan fingerprint density at radius 2 is 1.62 bits per heavy atom. The Labute approximate surface area is 248 Å². The molecule has 7 rings (SSSR count). The van der Waals surface area contributed by atoms with Crippen molar-refractivity contribution in [3.63, 3.8) is 0 Å². The first-order chi connectivity index (χ1) is 20.4. The summed E-state index contributed by atoms with van der Waals surface area (Å²) in [5, 5.41) is 3.57. The lowest BCUT2D eigenvalue weighted by molar-refractivity contribution is -0.121. The van der Waals surface area contributed by atoms with Crippen molar-refractivity contribution in [2.75, 3.05) is 17.3 Å². The van der Waals surface area contributed by atoms with Gasteiger partial charge in [0.05, 0.1) is 19.1 Å². The first-order valence-corrected chi connectivity index (χ1v) is 14.2. The summed E-state index contributed by atoms with van der Waals surface area (Å²) in [6.07, 6.45) is 2.05. The number of anilines is 2. The van der Waals surface area contributed by atoms with E-state index in [2.05, 4.69) is 5.32 Å². The molecule has 1 amide bonds. The normalized spacial score (nSPS) is 23.5. The maximum absolute atomic E-state index is 14.9. The van der Waals surface area contributed by atoms with Gasteiger partial charge in [-0.25, -0.2) is 0 Å². The molecule has 1 fully saturated rings. The second-order valence-corrected chi connectivity index (χ2v) is 11.4. The number of carbonyl (C=O) groups is 3. The Morgan fingerprint density at radius 3 is 2.40 bits per heavy atom. The fourth-order valence-corrected chi connectivity index (χ4v) is 7.25. The van der Waals surface area contributed by atoms with Gasteiger partial charge in [0, 0.05) is 33.1 Å². The second-order valence-electron chi connectivity index (χ2n) is 11.0. The number of benzene rings is 4. The van der Waals surface area contributed by atoms with E-state index in [-0.39, 0.29) is 17.5 Å². The molecule has 4 unspecified atom stereocenters. The topological polar surface area (TPSA) is 75.7 Å². The Morgan fingerprint density at radius 1 is 0.881 bits per heavy atom. The summed E-state index contributed by atoms with van der Waals surface area (Å²) in [6, 6.07) is 27.3. The minimum atomic E-state index is -1.38. The van der Waals surface area contributed by atoms with Gasteiger partial charge >= 0.3 is 0 Å². The monoisotopic (exact) mass is 574 g/mol. The van der Waals surface area contributed by atoms with Crippen molar-refractivity contribution in [1.82, 2.24) is 0 Å². The second kappa shape index (κ2) is 9.71. The van der Waals surface area contributed by atoms with E-state index >= 15 is 0 Å². The van der Waals surface area contributed by atoms with Gasteiger partial charge in [0.1, 0.15) is 17.2 Å². The number of nitrogens with one attached hydrogen (secondary N) is 1. The molecule has 3 aliphatic rings. The Hall–Kier alpha value is -4.68. The van der Waals surface area contributed by atoms with Crippen molar-refractivity contribution in [3.8, 4) is 5.75 Å². The summed E-state index contributed by atoms with van der Waals surface area (Å²) in [5.41, 5.74) is 3.52. The molecule has 0 aromatic heterocycles. The molecule has 1 N–H and O–H groups in total. The summed E-state index contributed by atoms with van der Waals surface area (Å²) in [7, 11) is 1.54. The van der Waals surface area contributed by atoms with E-state index in [1.807, 2.05) is 66.4 Å². The molecule has 0 bridgehead atoms. The van der Waals surface area contributed by atoms with E-state index in [1.165, 1.54) is 0 Å². The van der Waals surface area contributed by atoms with Gasteiger partial charge in [-0.05, 0) is 66.6 Å². The molecule has 3 heterocycles. The fourth-order valence-electron chi connectivity index (χ4n) is 7.13. The van der Waals surface area contributed by atoms with E-state index in [1.54, 1.807) is 55.6 Å². The minimum Gasteiger partial charge on any atom is -0.497 e. The number of allylic oxidation sites excluding steroid dienone is 1. The van der Waals surface area contributed by atoms with Crippen LogP contribution in [0.2, 0.25) is 5.02 Å². The van der Waals surface area contributed by atoms with Crippen molar-refractivity contribution in [2.45, 2.75) is 24.4 Å². The number of fused-ring (bicyclic) bond motifs is 6. The number of hydrogen-bond donors (Lipinski definition) is 1. The lowest BCUT2D eigenvalue weighted by Crippen LogP contribution is -2.51. The zero-order valence-electron chi connectivity index (χ0n) is 23.0. The molecule has 0 radical (unpaired) electrons. The van der Waals surface area contributed by atoms with Crippen LogP contribution in [0.5, 0.6) is 5.75 Å². The number of carbonyl (C=O) groups excluding carboxylic acids is 3. The van der Waals surface area contributed by atoms with Gasteiger partial charge in [0.2, 0.25) is 5.91 Å². The van der Waals surface area contributed by atoms with Crippen LogP contribution in [0.1, 0.15) is 38.8 Å². The van der Waals surface area contributed by atoms with Gasteiger partial charge in [-0.1, -0.05) is 66.2 Å². The molecular formula is C35H27ClN2O4. The van der Waals surface area contributed by atoms with Crippen LogP contribution in [0, 0.1) is 5.92 Å². The number of halogens is 1. The van der Waals surface area contributed by atoms with Crippen LogP contribution in [-0.4, -0.2) is 36.7 Å². The minimum absolute atomic E-state index is 0.255. The van der Waals surface area contributed by atoms with E-state index in [9.17, 15) is 14.4 Å². The number of Topliss-reactive ketones (excluding diaryl/α,β-unsaturated/α-hetero) is 2. The number of rotatable bonds is 5. The molecule has 1 spiro atoms. The average molecular weight is 575 g/mol. The van der Waals surface area contributed by atoms with Crippen LogP contribution in [0.3, 0.4) is 0 Å². The van der Waals surface area contributed by atoms with Crippen molar-refractivity contribution < 1.29 is 19.1 Å². The predicted molar refractivity (Wildman–Crippen MR) is 163 cm³/mol. The fraction of sp³-hybridized carbons (Fsp3) is 0.171. The third-order valence-electron chi connectivity index (χ3n) is 8.92. The maximum Gasteiger partial charge on any atom is 0.238 e. The van der Waals surface area contributed by atoms with Gasteiger partial charge in [0.25, 0.3) is 0 Å². The molecule has 4 atom stereocenters. The van der Waals surface area contributed by atoms with Crippen molar-refractivity contribution >= 4 is 46.0 Å². The third kappa shape index (κ3) is 3.61. The number of hydrogen-bond acceptors (Lipinski definition) is 5. The van der Waals surface area contributed by atoms with Crippen LogP contribution in [-0.2, 0) is 10.2 Å². The SMILES string of the molecule is COc1cccc(C(=O)C2C(C(=O)c3ccc(Cl)cc3)N3c4ccccc4C(C)=CC3C23C(=O)Nc2ccccc23)c1. The zero-order chi connectivity index (χ0) is 29.2. The largest absolute Gasteiger partial charge is 0.497 e. The Kier molecular flexibility index (Phi) is 6.06. The first kappa shape index (κ1) is 26.2. The summed E-state index contributed by atoms with van der Waals surface area (Å²) < 4.78 is 5.44. The maximum atomic E-state index is 14.9. The van der Waals surface area contributed by atoms with Crippen LogP contribution in [0.25, 0.3) is 5.57 Å². The van der Waals surface area contributed by atoms with E-state index in [0.29, 0.717) is 33.1 Å². The van der Waals surface area contributed by atoms with E-state index in [4.69, 9.17) is 16.3 Å². The molecule has 4 aromatic rings. The van der Waals surface area contributed by atoms with Crippen LogP contribution < -0.4 is 15.0 Å². The van der Waals surface area contributed by atoms with E-state index < -0.39 is 23.4 Å². The highest BCUT2D eigenvalue weighted by Gasteiger charge is 2.70. The number of nitrogens with zero attached hydrogens (tertiary/aromatic N) is 1. The van der Waals surface area contributed by atoms with Gasteiger partial charge in [-0.15, -0.1) is 0 Å². The number of amides is 1. The quantitative estimate of drug-likeness (QED) is 0.272. The first-order valence-electron chi connectivity index (χ1n) is 13.8. The number of ketones is 2. The standard InChI is InChI=1S/C35H27ClN2O4/c1-20-18-29-35(26-11-4-5-12-27(26)37-34(35)41)30(32(39)22-8-7-9-24(19-22)42-2)31(33(40)21-14-16-23(36)17-15-21)38(29)28-13-6-3-10-25(20)28/h3-19,29-31H,1-2H3,(H,37,41). The average Bonchev–Trinajstić information content (AvgIpc) is 3.49. The molecule has 0 saturated carbocycles. The van der Waals surface area contributed by atoms with Crippen LogP contribution >= 0.6 is 11.6 Å².